The maximum absolute atomic E-state index is 5.56. The molecular formula is C12H18BrNO2. The second-order valence-corrected chi connectivity index (χ2v) is 4.27. The third kappa shape index (κ3) is 4.51. The first-order valence-corrected chi connectivity index (χ1v) is 6.18. The molecular weight excluding hydrogens is 270 g/mol. The SMILES string of the molecule is CCOc1ccc(Br)cc1CNCCOC. The zero-order valence-corrected chi connectivity index (χ0v) is 11.3. The lowest BCUT2D eigenvalue weighted by Gasteiger charge is -2.11. The van der Waals surface area contributed by atoms with Gasteiger partial charge in [-0.05, 0) is 25.1 Å². The summed E-state index contributed by atoms with van der Waals surface area (Å²) in [6.45, 7) is 5.03. The number of rotatable bonds is 7. The van der Waals surface area contributed by atoms with E-state index < -0.39 is 0 Å². The van der Waals surface area contributed by atoms with Gasteiger partial charge in [0, 0.05) is 30.2 Å². The Morgan fingerprint density at radius 3 is 2.88 bits per heavy atom. The Hall–Kier alpha value is -0.580. The first kappa shape index (κ1) is 13.5. The number of ether oxygens (including phenoxy) is 2. The van der Waals surface area contributed by atoms with E-state index in [1.165, 1.54) is 0 Å². The molecule has 1 rings (SSSR count). The van der Waals surface area contributed by atoms with Crippen molar-refractivity contribution in [1.29, 1.82) is 0 Å². The summed E-state index contributed by atoms with van der Waals surface area (Å²) in [5.74, 6) is 0.940. The first-order valence-electron chi connectivity index (χ1n) is 5.38. The molecule has 0 heterocycles. The molecule has 0 bridgehead atoms. The molecule has 16 heavy (non-hydrogen) atoms. The molecule has 0 aliphatic carbocycles. The number of hydrogen-bond acceptors (Lipinski definition) is 3. The summed E-state index contributed by atoms with van der Waals surface area (Å²) < 4.78 is 11.6. The van der Waals surface area contributed by atoms with Crippen LogP contribution in [0.2, 0.25) is 0 Å². The number of methoxy groups -OCH3 is 1. The fourth-order valence-corrected chi connectivity index (χ4v) is 1.79. The summed E-state index contributed by atoms with van der Waals surface area (Å²) in [7, 11) is 1.70. The summed E-state index contributed by atoms with van der Waals surface area (Å²) in [6, 6.07) is 6.05. The molecule has 4 heteroatoms. The van der Waals surface area contributed by atoms with Gasteiger partial charge in [-0.15, -0.1) is 0 Å². The summed E-state index contributed by atoms with van der Waals surface area (Å²) in [5.41, 5.74) is 1.16. The highest BCUT2D eigenvalue weighted by molar-refractivity contribution is 9.10. The molecule has 1 N–H and O–H groups in total. The molecule has 1 aromatic carbocycles. The second kappa shape index (κ2) is 7.65. The minimum absolute atomic E-state index is 0.687. The Kier molecular flexibility index (Phi) is 6.45. The molecule has 0 aliphatic heterocycles. The lowest BCUT2D eigenvalue weighted by Crippen LogP contribution is -2.19. The molecule has 0 amide bonds. The van der Waals surface area contributed by atoms with E-state index in [-0.39, 0.29) is 0 Å². The molecule has 0 saturated carbocycles. The summed E-state index contributed by atoms with van der Waals surface area (Å²) >= 11 is 3.46. The Morgan fingerprint density at radius 2 is 2.19 bits per heavy atom. The van der Waals surface area contributed by atoms with Crippen LogP contribution in [0.3, 0.4) is 0 Å². The van der Waals surface area contributed by atoms with Crippen molar-refractivity contribution in [2.45, 2.75) is 13.5 Å². The van der Waals surface area contributed by atoms with Crippen molar-refractivity contribution in [3.8, 4) is 5.75 Å². The van der Waals surface area contributed by atoms with Crippen LogP contribution in [0.4, 0.5) is 0 Å². The zero-order valence-electron chi connectivity index (χ0n) is 9.75. The van der Waals surface area contributed by atoms with Crippen molar-refractivity contribution in [1.82, 2.24) is 5.32 Å². The lowest BCUT2D eigenvalue weighted by atomic mass is 10.2. The van der Waals surface area contributed by atoms with Gasteiger partial charge in [-0.2, -0.15) is 0 Å². The van der Waals surface area contributed by atoms with Gasteiger partial charge in [0.2, 0.25) is 0 Å². The Morgan fingerprint density at radius 1 is 1.38 bits per heavy atom. The van der Waals surface area contributed by atoms with E-state index in [1.54, 1.807) is 7.11 Å². The molecule has 0 radical (unpaired) electrons. The average Bonchev–Trinajstić information content (AvgIpc) is 2.28. The van der Waals surface area contributed by atoms with Crippen LogP contribution in [0, 0.1) is 0 Å². The normalized spacial score (nSPS) is 10.4. The van der Waals surface area contributed by atoms with E-state index in [9.17, 15) is 0 Å². The van der Waals surface area contributed by atoms with E-state index in [1.807, 2.05) is 19.1 Å². The fourth-order valence-electron chi connectivity index (χ4n) is 1.38. The Bertz CT molecular complexity index is 318. The van der Waals surface area contributed by atoms with E-state index in [0.29, 0.717) is 6.61 Å². The summed E-state index contributed by atoms with van der Waals surface area (Å²) in [6.07, 6.45) is 0. The molecule has 0 unspecified atom stereocenters. The van der Waals surface area contributed by atoms with E-state index in [0.717, 1.165) is 35.5 Å². The van der Waals surface area contributed by atoms with Crippen LogP contribution in [0.25, 0.3) is 0 Å². The zero-order chi connectivity index (χ0) is 11.8. The molecule has 0 saturated heterocycles. The minimum Gasteiger partial charge on any atom is -0.494 e. The van der Waals surface area contributed by atoms with Crippen LogP contribution in [-0.2, 0) is 11.3 Å². The van der Waals surface area contributed by atoms with Gasteiger partial charge in [0.15, 0.2) is 0 Å². The van der Waals surface area contributed by atoms with E-state index >= 15 is 0 Å². The topological polar surface area (TPSA) is 30.5 Å². The molecule has 0 aliphatic rings. The Labute approximate surface area is 105 Å². The van der Waals surface area contributed by atoms with Gasteiger partial charge in [0.05, 0.1) is 13.2 Å². The number of halogens is 1. The van der Waals surface area contributed by atoms with Crippen molar-refractivity contribution in [2.24, 2.45) is 0 Å². The smallest absolute Gasteiger partial charge is 0.123 e. The predicted molar refractivity (Wildman–Crippen MR) is 68.9 cm³/mol. The molecule has 90 valence electrons. The number of benzene rings is 1. The highest BCUT2D eigenvalue weighted by atomic mass is 79.9. The third-order valence-corrected chi connectivity index (χ3v) is 2.61. The number of nitrogens with one attached hydrogen (secondary N) is 1. The van der Waals surface area contributed by atoms with Crippen molar-refractivity contribution in [3.63, 3.8) is 0 Å². The van der Waals surface area contributed by atoms with Crippen molar-refractivity contribution < 1.29 is 9.47 Å². The largest absolute Gasteiger partial charge is 0.494 e. The van der Waals surface area contributed by atoms with Gasteiger partial charge in [-0.25, -0.2) is 0 Å². The van der Waals surface area contributed by atoms with E-state index in [4.69, 9.17) is 9.47 Å². The monoisotopic (exact) mass is 287 g/mol. The van der Waals surface area contributed by atoms with Gasteiger partial charge in [0.25, 0.3) is 0 Å². The Balaban J connectivity index is 2.57. The number of hydrogen-bond donors (Lipinski definition) is 1. The minimum atomic E-state index is 0.687. The van der Waals surface area contributed by atoms with Gasteiger partial charge >= 0.3 is 0 Å². The van der Waals surface area contributed by atoms with Gasteiger partial charge in [-0.3, -0.25) is 0 Å². The molecule has 0 fully saturated rings. The highest BCUT2D eigenvalue weighted by Crippen LogP contribution is 2.23. The molecule has 0 spiro atoms. The van der Waals surface area contributed by atoms with Gasteiger partial charge in [0.1, 0.15) is 5.75 Å². The van der Waals surface area contributed by atoms with Crippen molar-refractivity contribution in [2.75, 3.05) is 26.9 Å². The van der Waals surface area contributed by atoms with Crippen LogP contribution in [0.15, 0.2) is 22.7 Å². The quantitative estimate of drug-likeness (QED) is 0.782. The first-order chi connectivity index (χ1) is 7.77. The van der Waals surface area contributed by atoms with Crippen LogP contribution in [-0.4, -0.2) is 26.9 Å². The fraction of sp³-hybridized carbons (Fsp3) is 0.500. The highest BCUT2D eigenvalue weighted by Gasteiger charge is 2.03. The second-order valence-electron chi connectivity index (χ2n) is 3.35. The van der Waals surface area contributed by atoms with Crippen LogP contribution >= 0.6 is 15.9 Å². The standard InChI is InChI=1S/C12H18BrNO2/c1-3-16-12-5-4-11(13)8-10(12)9-14-6-7-15-2/h4-5,8,14H,3,6-7,9H2,1-2H3. The molecule has 1 aromatic rings. The average molecular weight is 288 g/mol. The van der Waals surface area contributed by atoms with Gasteiger partial charge < -0.3 is 14.8 Å². The van der Waals surface area contributed by atoms with Crippen molar-refractivity contribution in [3.05, 3.63) is 28.2 Å². The summed E-state index contributed by atoms with van der Waals surface area (Å²) in [5, 5.41) is 3.30. The summed E-state index contributed by atoms with van der Waals surface area (Å²) in [4.78, 5) is 0. The predicted octanol–water partition coefficient (Wildman–Crippen LogP) is 2.58. The third-order valence-electron chi connectivity index (χ3n) is 2.12. The molecule has 0 aromatic heterocycles. The molecule has 0 atom stereocenters. The van der Waals surface area contributed by atoms with Crippen LogP contribution in [0.5, 0.6) is 5.75 Å². The van der Waals surface area contributed by atoms with Gasteiger partial charge in [-0.1, -0.05) is 15.9 Å². The lowest BCUT2D eigenvalue weighted by molar-refractivity contribution is 0.199. The van der Waals surface area contributed by atoms with Crippen LogP contribution in [0.1, 0.15) is 12.5 Å². The van der Waals surface area contributed by atoms with Crippen molar-refractivity contribution >= 4 is 15.9 Å². The van der Waals surface area contributed by atoms with E-state index in [2.05, 4.69) is 27.3 Å². The maximum Gasteiger partial charge on any atom is 0.123 e. The molecule has 3 nitrogen and oxygen atoms in total. The van der Waals surface area contributed by atoms with Crippen LogP contribution < -0.4 is 10.1 Å². The maximum atomic E-state index is 5.56.